The summed E-state index contributed by atoms with van der Waals surface area (Å²) in [5.41, 5.74) is 0. The predicted molar refractivity (Wildman–Crippen MR) is 110 cm³/mol. The maximum absolute atomic E-state index is 15.1. The van der Waals surface area contributed by atoms with Crippen LogP contribution in [0.3, 0.4) is 0 Å². The SMILES string of the molecule is CC(=O)OC(C(CO)C(F)(F)C(F)(F)C(F)(F)C(F)(F)C(F)(F)C(F)(F)C(F)(F)C(F)(F)C(F)(F)C(F)(F)F)C(CO)[N+](C)(C)CC(=O)[O-]. The molecule has 0 aromatic heterocycles. The number of carboxylic acid groups (broad SMARTS) is 1. The normalized spacial score (nSPS) is 17.4. The van der Waals surface area contributed by atoms with Gasteiger partial charge in [0, 0.05) is 6.92 Å². The molecule has 0 aromatic rings. The van der Waals surface area contributed by atoms with Crippen molar-refractivity contribution in [3.63, 3.8) is 0 Å². The maximum Gasteiger partial charge on any atom is 0.460 e. The van der Waals surface area contributed by atoms with E-state index >= 15 is 8.78 Å². The molecule has 3 unspecified atom stereocenters. The van der Waals surface area contributed by atoms with Gasteiger partial charge in [-0.05, 0) is 0 Å². The summed E-state index contributed by atoms with van der Waals surface area (Å²) in [6.07, 6.45) is -11.6. The van der Waals surface area contributed by atoms with Crippen LogP contribution in [0.2, 0.25) is 0 Å². The number of rotatable bonds is 17. The van der Waals surface area contributed by atoms with E-state index in [0.29, 0.717) is 14.1 Å². The standard InChI is InChI=1S/C21H20F21NO6/c1-7(46)49-11(9(6-45)43(2,3)4-10(47)48)8(5-44)12(22,23)13(24,25)14(26,27)15(28,29)16(30,31)17(32,33)18(34,35)19(36,37)20(38,39)21(40,41)42/h8-9,11,44-45H,4-6H2,1-3H3. The highest BCUT2D eigenvalue weighted by atomic mass is 19.4. The molecule has 0 amide bonds. The molecule has 0 saturated carbocycles. The Hall–Kier alpha value is -2.65. The van der Waals surface area contributed by atoms with Gasteiger partial charge in [0.2, 0.25) is 0 Å². The Bertz CT molecular complexity index is 1200. The quantitative estimate of drug-likeness (QED) is 0.132. The van der Waals surface area contributed by atoms with E-state index in [9.17, 15) is 108 Å². The van der Waals surface area contributed by atoms with Crippen LogP contribution in [0, 0.1) is 5.92 Å². The number of hydrogen-bond donors (Lipinski definition) is 2. The van der Waals surface area contributed by atoms with Crippen LogP contribution in [0.1, 0.15) is 6.92 Å². The number of esters is 1. The number of halogens is 21. The van der Waals surface area contributed by atoms with Gasteiger partial charge in [-0.1, -0.05) is 0 Å². The molecule has 0 spiro atoms. The Kier molecular flexibility index (Phi) is 12.4. The fourth-order valence-corrected chi connectivity index (χ4v) is 4.02. The van der Waals surface area contributed by atoms with Crippen molar-refractivity contribution in [3.8, 4) is 0 Å². The highest BCUT2D eigenvalue weighted by molar-refractivity contribution is 5.66. The zero-order valence-electron chi connectivity index (χ0n) is 23.8. The van der Waals surface area contributed by atoms with Gasteiger partial charge >= 0.3 is 65.4 Å². The highest BCUT2D eigenvalue weighted by Gasteiger charge is 2.98. The van der Waals surface area contributed by atoms with Gasteiger partial charge in [-0.25, -0.2) is 0 Å². The van der Waals surface area contributed by atoms with E-state index < -0.39 is 114 Å². The molecule has 0 aliphatic rings. The van der Waals surface area contributed by atoms with Crippen molar-refractivity contribution in [3.05, 3.63) is 0 Å². The van der Waals surface area contributed by atoms with E-state index in [1.165, 1.54) is 0 Å². The summed E-state index contributed by atoms with van der Waals surface area (Å²) in [6.45, 7) is -6.08. The molecular formula is C21H20F21NO6. The number of likely N-dealkylation sites (N-methyl/N-ethyl adjacent to an activating group) is 1. The first-order chi connectivity index (χ1) is 21.1. The largest absolute Gasteiger partial charge is 0.544 e. The first-order valence-corrected chi connectivity index (χ1v) is 12.0. The Balaban J connectivity index is 7.58. The Morgan fingerprint density at radius 2 is 0.898 bits per heavy atom. The first kappa shape index (κ1) is 46.4. The highest BCUT2D eigenvalue weighted by Crippen LogP contribution is 2.66. The number of carboxylic acids is 1. The molecule has 0 radical (unpaired) electrons. The molecule has 292 valence electrons. The first-order valence-electron chi connectivity index (χ1n) is 12.0. The summed E-state index contributed by atoms with van der Waals surface area (Å²) in [7, 11) is 1.09. The van der Waals surface area contributed by atoms with E-state index in [1.54, 1.807) is 0 Å². The van der Waals surface area contributed by atoms with Crippen LogP contribution in [0.25, 0.3) is 0 Å². The smallest absolute Gasteiger partial charge is 0.460 e. The molecule has 0 heterocycles. The lowest BCUT2D eigenvalue weighted by molar-refractivity contribution is -0.914. The topological polar surface area (TPSA) is 107 Å². The minimum absolute atomic E-state index is 0.175. The van der Waals surface area contributed by atoms with Crippen molar-refractivity contribution in [2.75, 3.05) is 33.9 Å². The number of carbonyl (C=O) groups is 2. The van der Waals surface area contributed by atoms with Crippen LogP contribution >= 0.6 is 0 Å². The number of aliphatic hydroxyl groups is 2. The van der Waals surface area contributed by atoms with Crippen molar-refractivity contribution in [1.82, 2.24) is 0 Å². The van der Waals surface area contributed by atoms with Crippen LogP contribution in [0.5, 0.6) is 0 Å². The molecular weight excluding hydrogens is 761 g/mol. The third kappa shape index (κ3) is 6.87. The van der Waals surface area contributed by atoms with Gasteiger partial charge in [0.1, 0.15) is 6.54 Å². The van der Waals surface area contributed by atoms with Crippen molar-refractivity contribution in [1.29, 1.82) is 0 Å². The van der Waals surface area contributed by atoms with Crippen LogP contribution in [0.4, 0.5) is 92.2 Å². The van der Waals surface area contributed by atoms with E-state index in [2.05, 4.69) is 4.74 Å². The molecule has 0 aromatic carbocycles. The number of alkyl halides is 21. The summed E-state index contributed by atoms with van der Waals surface area (Å²) in [6, 6.07) is -2.67. The van der Waals surface area contributed by atoms with Crippen molar-refractivity contribution < 1.29 is 126 Å². The lowest BCUT2D eigenvalue weighted by Crippen LogP contribution is -2.77. The molecule has 49 heavy (non-hydrogen) atoms. The number of nitrogens with zero attached hydrogens (tertiary/aromatic N) is 1. The van der Waals surface area contributed by atoms with Crippen LogP contribution in [-0.4, -0.2) is 132 Å². The van der Waals surface area contributed by atoms with Gasteiger partial charge in [0.25, 0.3) is 0 Å². The summed E-state index contributed by atoms with van der Waals surface area (Å²) in [5, 5.41) is 29.9. The van der Waals surface area contributed by atoms with Gasteiger partial charge < -0.3 is 29.3 Å². The van der Waals surface area contributed by atoms with Gasteiger partial charge in [-0.15, -0.1) is 0 Å². The molecule has 0 aliphatic heterocycles. The van der Waals surface area contributed by atoms with Crippen molar-refractivity contribution >= 4 is 11.9 Å². The van der Waals surface area contributed by atoms with Gasteiger partial charge in [-0.3, -0.25) is 4.79 Å². The number of aliphatic carboxylic acids is 1. The van der Waals surface area contributed by atoms with E-state index in [0.717, 1.165) is 0 Å². The summed E-state index contributed by atoms with van der Waals surface area (Å²) in [4.78, 5) is 22.4. The Labute approximate surface area is 257 Å². The fraction of sp³-hybridized carbons (Fsp3) is 0.905. The summed E-state index contributed by atoms with van der Waals surface area (Å²) >= 11 is 0. The van der Waals surface area contributed by atoms with E-state index in [1.807, 2.05) is 0 Å². The fourth-order valence-electron chi connectivity index (χ4n) is 4.02. The number of ether oxygens (including phenoxy) is 1. The zero-order valence-corrected chi connectivity index (χ0v) is 23.8. The van der Waals surface area contributed by atoms with Gasteiger partial charge in [-0.2, -0.15) is 92.2 Å². The Morgan fingerprint density at radius 1 is 0.592 bits per heavy atom. The third-order valence-corrected chi connectivity index (χ3v) is 6.90. The average Bonchev–Trinajstić information content (AvgIpc) is 2.86. The number of carbonyl (C=O) groups excluding carboxylic acids is 2. The molecule has 0 fully saturated rings. The van der Waals surface area contributed by atoms with E-state index in [-0.39, 0.29) is 6.92 Å². The van der Waals surface area contributed by atoms with E-state index in [4.69, 9.17) is 0 Å². The summed E-state index contributed by atoms with van der Waals surface area (Å²) in [5.74, 6) is -88.5. The monoisotopic (exact) mass is 781 g/mol. The average molecular weight is 781 g/mol. The molecule has 0 rings (SSSR count). The second kappa shape index (κ2) is 13.2. The minimum atomic E-state index is -9.40. The molecule has 3 atom stereocenters. The third-order valence-electron chi connectivity index (χ3n) is 6.90. The van der Waals surface area contributed by atoms with Crippen LogP contribution < -0.4 is 5.11 Å². The van der Waals surface area contributed by atoms with Crippen molar-refractivity contribution in [2.24, 2.45) is 5.92 Å². The number of aliphatic hydroxyl groups excluding tert-OH is 2. The molecule has 0 bridgehead atoms. The molecule has 2 N–H and O–H groups in total. The lowest BCUT2D eigenvalue weighted by atomic mass is 9.80. The number of hydrogen-bond acceptors (Lipinski definition) is 6. The van der Waals surface area contributed by atoms with Crippen LogP contribution in [-0.2, 0) is 14.3 Å². The lowest BCUT2D eigenvalue weighted by Gasteiger charge is -2.47. The molecule has 0 saturated heterocycles. The summed E-state index contributed by atoms with van der Waals surface area (Å²) < 4.78 is 292. The molecule has 0 aliphatic carbocycles. The van der Waals surface area contributed by atoms with Gasteiger partial charge in [0.15, 0.2) is 12.1 Å². The minimum Gasteiger partial charge on any atom is -0.544 e. The number of quaternary nitrogens is 1. The van der Waals surface area contributed by atoms with Crippen molar-refractivity contribution in [2.45, 2.75) is 78.5 Å². The molecule has 7 nitrogen and oxygen atoms in total. The predicted octanol–water partition coefficient (Wildman–Crippen LogP) is 3.99. The van der Waals surface area contributed by atoms with Crippen LogP contribution in [0.15, 0.2) is 0 Å². The van der Waals surface area contributed by atoms with Gasteiger partial charge in [0.05, 0.1) is 39.2 Å². The second-order valence-corrected chi connectivity index (χ2v) is 10.6. The molecule has 28 heteroatoms. The zero-order chi connectivity index (χ0) is 40.2. The Morgan fingerprint density at radius 3 is 1.14 bits per heavy atom. The second-order valence-electron chi connectivity index (χ2n) is 10.6. The maximum atomic E-state index is 15.1.